The molecule has 0 aliphatic heterocycles. The second kappa shape index (κ2) is 7.59. The predicted molar refractivity (Wildman–Crippen MR) is 124 cm³/mol. The van der Waals surface area contributed by atoms with Gasteiger partial charge in [-0.25, -0.2) is 8.42 Å². The summed E-state index contributed by atoms with van der Waals surface area (Å²) in [5.74, 6) is 1.78. The second-order valence-electron chi connectivity index (χ2n) is 11.0. The molecule has 168 valence electrons. The van der Waals surface area contributed by atoms with E-state index in [-0.39, 0.29) is 22.7 Å². The SMILES string of the molecule is C[C@]12CC[C@H]3C(=C1CC[C@@H]2CCS(=O)(=O)c1ccccc1)C=CC1CC(O)CC[C@@]13C. The molecular weight excluding hydrogens is 404 g/mol. The molecule has 4 aliphatic carbocycles. The molecule has 0 heterocycles. The average molecular weight is 441 g/mol. The summed E-state index contributed by atoms with van der Waals surface area (Å²) in [5, 5.41) is 10.2. The van der Waals surface area contributed by atoms with Crippen LogP contribution in [0.1, 0.15) is 65.2 Å². The van der Waals surface area contributed by atoms with Crippen LogP contribution >= 0.6 is 0 Å². The highest BCUT2D eigenvalue weighted by Crippen LogP contribution is 2.63. The zero-order chi connectivity index (χ0) is 21.9. The summed E-state index contributed by atoms with van der Waals surface area (Å²) in [6, 6.07) is 8.91. The Labute approximate surface area is 187 Å². The third-order valence-electron chi connectivity index (χ3n) is 9.54. The monoisotopic (exact) mass is 440 g/mol. The van der Waals surface area contributed by atoms with Gasteiger partial charge in [0.1, 0.15) is 0 Å². The van der Waals surface area contributed by atoms with Crippen LogP contribution in [0.15, 0.2) is 58.5 Å². The van der Waals surface area contributed by atoms with E-state index >= 15 is 0 Å². The number of allylic oxidation sites excluding steroid dienone is 4. The molecule has 4 aliphatic rings. The molecule has 3 nitrogen and oxygen atoms in total. The summed E-state index contributed by atoms with van der Waals surface area (Å²) >= 11 is 0. The standard InChI is InChI=1S/C27H36O3S/c1-26-16-13-25-23(10-8-20-18-21(28)12-15-27(20,25)2)24(26)11-9-19(26)14-17-31(29,30)22-6-4-3-5-7-22/h3-8,10,19-21,25,28H,9,11-18H2,1-2H3/t19-,20?,21?,25+,26-,27+/m1/s1. The number of fused-ring (bicyclic) bond motifs is 4. The number of rotatable bonds is 4. The van der Waals surface area contributed by atoms with Crippen molar-refractivity contribution < 1.29 is 13.5 Å². The highest BCUT2D eigenvalue weighted by molar-refractivity contribution is 7.91. The summed E-state index contributed by atoms with van der Waals surface area (Å²) in [6.45, 7) is 4.87. The predicted octanol–water partition coefficient (Wildman–Crippen LogP) is 5.71. The Morgan fingerprint density at radius 2 is 1.84 bits per heavy atom. The lowest BCUT2D eigenvalue weighted by Crippen LogP contribution is -2.46. The molecule has 2 fully saturated rings. The van der Waals surface area contributed by atoms with Gasteiger partial charge in [0.25, 0.3) is 0 Å². The molecule has 1 aromatic rings. The summed E-state index contributed by atoms with van der Waals surface area (Å²) < 4.78 is 25.7. The molecule has 0 amide bonds. The van der Waals surface area contributed by atoms with Crippen LogP contribution in [0.25, 0.3) is 0 Å². The fourth-order valence-corrected chi connectivity index (χ4v) is 8.91. The lowest BCUT2D eigenvalue weighted by molar-refractivity contribution is -0.00197. The van der Waals surface area contributed by atoms with Gasteiger partial charge in [-0.1, -0.05) is 49.8 Å². The van der Waals surface area contributed by atoms with Crippen molar-refractivity contribution >= 4 is 9.84 Å². The van der Waals surface area contributed by atoms with Crippen molar-refractivity contribution in [2.24, 2.45) is 28.6 Å². The maximum Gasteiger partial charge on any atom is 0.178 e. The van der Waals surface area contributed by atoms with Gasteiger partial charge < -0.3 is 5.11 Å². The van der Waals surface area contributed by atoms with Crippen LogP contribution in [0.3, 0.4) is 0 Å². The smallest absolute Gasteiger partial charge is 0.178 e. The first-order valence-electron chi connectivity index (χ1n) is 12.1. The minimum absolute atomic E-state index is 0.139. The molecule has 0 spiro atoms. The number of aliphatic hydroxyl groups is 1. The van der Waals surface area contributed by atoms with Crippen LogP contribution in [0.5, 0.6) is 0 Å². The molecule has 31 heavy (non-hydrogen) atoms. The Balaban J connectivity index is 1.39. The van der Waals surface area contributed by atoms with Crippen molar-refractivity contribution in [3.63, 3.8) is 0 Å². The molecule has 0 saturated heterocycles. The fraction of sp³-hybridized carbons (Fsp3) is 0.630. The molecular formula is C27H36O3S. The van der Waals surface area contributed by atoms with Crippen LogP contribution in [0, 0.1) is 28.6 Å². The average Bonchev–Trinajstić information content (AvgIpc) is 3.10. The van der Waals surface area contributed by atoms with Gasteiger partial charge in [-0.05, 0) is 97.7 Å². The van der Waals surface area contributed by atoms with E-state index in [1.165, 1.54) is 12.8 Å². The van der Waals surface area contributed by atoms with Crippen molar-refractivity contribution in [1.29, 1.82) is 0 Å². The van der Waals surface area contributed by atoms with Gasteiger partial charge in [-0.3, -0.25) is 0 Å². The molecule has 6 atom stereocenters. The number of sulfone groups is 1. The summed E-state index contributed by atoms with van der Waals surface area (Å²) in [4.78, 5) is 0.453. The molecule has 1 aromatic carbocycles. The minimum Gasteiger partial charge on any atom is -0.393 e. The first kappa shape index (κ1) is 21.5. The minimum atomic E-state index is -3.22. The third kappa shape index (κ3) is 3.45. The number of benzene rings is 1. The molecule has 2 unspecified atom stereocenters. The molecule has 5 rings (SSSR count). The largest absolute Gasteiger partial charge is 0.393 e. The van der Waals surface area contributed by atoms with E-state index in [0.29, 0.717) is 22.6 Å². The highest BCUT2D eigenvalue weighted by atomic mass is 32.2. The molecule has 1 N–H and O–H groups in total. The van der Waals surface area contributed by atoms with Crippen LogP contribution in [0.2, 0.25) is 0 Å². The first-order chi connectivity index (χ1) is 14.7. The van der Waals surface area contributed by atoms with Crippen molar-refractivity contribution in [3.05, 3.63) is 53.6 Å². The van der Waals surface area contributed by atoms with E-state index < -0.39 is 9.84 Å². The van der Waals surface area contributed by atoms with Gasteiger partial charge in [-0.15, -0.1) is 0 Å². The number of hydrogen-bond acceptors (Lipinski definition) is 3. The summed E-state index contributed by atoms with van der Waals surface area (Å²) in [6.07, 6.45) is 12.9. The highest BCUT2D eigenvalue weighted by Gasteiger charge is 2.53. The zero-order valence-electron chi connectivity index (χ0n) is 18.9. The zero-order valence-corrected chi connectivity index (χ0v) is 19.7. The topological polar surface area (TPSA) is 54.4 Å². The summed E-state index contributed by atoms with van der Waals surface area (Å²) in [7, 11) is -3.22. The Hall–Kier alpha value is -1.39. The van der Waals surface area contributed by atoms with Crippen molar-refractivity contribution in [2.45, 2.75) is 76.2 Å². The van der Waals surface area contributed by atoms with E-state index in [1.54, 1.807) is 35.4 Å². The van der Waals surface area contributed by atoms with Gasteiger partial charge in [0.15, 0.2) is 9.84 Å². The lowest BCUT2D eigenvalue weighted by Gasteiger charge is -2.54. The van der Waals surface area contributed by atoms with Crippen LogP contribution in [0.4, 0.5) is 0 Å². The van der Waals surface area contributed by atoms with E-state index in [1.807, 2.05) is 6.07 Å². The Bertz CT molecular complexity index is 1010. The quantitative estimate of drug-likeness (QED) is 0.652. The first-order valence-corrected chi connectivity index (χ1v) is 13.8. The van der Waals surface area contributed by atoms with Gasteiger partial charge in [0.2, 0.25) is 0 Å². The maximum absolute atomic E-state index is 12.9. The number of hydrogen-bond donors (Lipinski definition) is 1. The fourth-order valence-electron chi connectivity index (χ4n) is 7.51. The Kier molecular flexibility index (Phi) is 5.25. The van der Waals surface area contributed by atoms with Crippen molar-refractivity contribution in [1.82, 2.24) is 0 Å². The van der Waals surface area contributed by atoms with Gasteiger partial charge in [0.05, 0.1) is 16.8 Å². The van der Waals surface area contributed by atoms with Crippen molar-refractivity contribution in [2.75, 3.05) is 5.75 Å². The van der Waals surface area contributed by atoms with Gasteiger partial charge >= 0.3 is 0 Å². The van der Waals surface area contributed by atoms with E-state index in [2.05, 4.69) is 26.0 Å². The van der Waals surface area contributed by atoms with Crippen LogP contribution in [-0.4, -0.2) is 25.4 Å². The second-order valence-corrected chi connectivity index (χ2v) is 13.1. The Morgan fingerprint density at radius 1 is 1.06 bits per heavy atom. The molecule has 4 heteroatoms. The van der Waals surface area contributed by atoms with Crippen LogP contribution in [-0.2, 0) is 9.84 Å². The molecule has 0 radical (unpaired) electrons. The summed E-state index contributed by atoms with van der Waals surface area (Å²) in [5.41, 5.74) is 3.59. The molecule has 0 bridgehead atoms. The van der Waals surface area contributed by atoms with Crippen LogP contribution < -0.4 is 0 Å². The van der Waals surface area contributed by atoms with Gasteiger partial charge in [-0.2, -0.15) is 0 Å². The van der Waals surface area contributed by atoms with Gasteiger partial charge in [0, 0.05) is 0 Å². The third-order valence-corrected chi connectivity index (χ3v) is 11.3. The Morgan fingerprint density at radius 3 is 2.61 bits per heavy atom. The maximum atomic E-state index is 12.9. The lowest BCUT2D eigenvalue weighted by atomic mass is 9.51. The van der Waals surface area contributed by atoms with E-state index in [0.717, 1.165) is 38.5 Å². The van der Waals surface area contributed by atoms with Crippen molar-refractivity contribution in [3.8, 4) is 0 Å². The molecule has 2 saturated carbocycles. The number of aliphatic hydroxyl groups excluding tert-OH is 1. The molecule has 0 aromatic heterocycles. The normalized spacial score (nSPS) is 39.7. The van der Waals surface area contributed by atoms with E-state index in [4.69, 9.17) is 0 Å². The van der Waals surface area contributed by atoms with E-state index in [9.17, 15) is 13.5 Å².